The van der Waals surface area contributed by atoms with Gasteiger partial charge in [-0.2, -0.15) is 0 Å². The van der Waals surface area contributed by atoms with Crippen LogP contribution in [0.4, 0.5) is 5.13 Å². The van der Waals surface area contributed by atoms with Crippen LogP contribution in [0.2, 0.25) is 0 Å². The fraction of sp³-hybridized carbons (Fsp3) is 0.636. The number of aromatic nitrogens is 1. The Morgan fingerprint density at radius 3 is 2.57 bits per heavy atom. The van der Waals surface area contributed by atoms with Crippen molar-refractivity contribution in [2.24, 2.45) is 11.1 Å². The van der Waals surface area contributed by atoms with Crippen LogP contribution >= 0.6 is 23.1 Å². The number of esters is 2. The lowest BCUT2D eigenvalue weighted by atomic mass is 9.99. The summed E-state index contributed by atoms with van der Waals surface area (Å²) in [7, 11) is 0. The van der Waals surface area contributed by atoms with Gasteiger partial charge in [-0.05, 0) is 6.92 Å². The molecule has 2 fully saturated rings. The number of carboxylic acids is 1. The summed E-state index contributed by atoms with van der Waals surface area (Å²) in [6.45, 7) is -1.01. The van der Waals surface area contributed by atoms with Crippen LogP contribution in [0.15, 0.2) is 10.5 Å². The number of oxime groups is 1. The summed E-state index contributed by atoms with van der Waals surface area (Å²) in [5.74, 6) is -4.06. The zero-order chi connectivity index (χ0) is 31.1. The number of amides is 1. The van der Waals surface area contributed by atoms with E-state index in [0.29, 0.717) is 5.75 Å². The Labute approximate surface area is 245 Å². The summed E-state index contributed by atoms with van der Waals surface area (Å²) >= 11 is 2.10. The number of carbonyl (C=O) groups excluding carboxylic acids is 3. The predicted octanol–water partition coefficient (Wildman–Crippen LogP) is -4.41. The third-order valence-electron chi connectivity index (χ3n) is 6.29. The molecule has 2 saturated heterocycles. The number of hydrogen-bond donors (Lipinski definition) is 9. The first-order chi connectivity index (χ1) is 19.8. The van der Waals surface area contributed by atoms with Gasteiger partial charge in [-0.15, -0.1) is 23.1 Å². The van der Waals surface area contributed by atoms with Crippen LogP contribution in [0, 0.1) is 5.92 Å². The number of aliphatic hydroxyl groups excluding tert-OH is 5. The maximum Gasteiger partial charge on any atom is 0.344 e. The number of fused-ring (bicyclic) bond motifs is 1. The van der Waals surface area contributed by atoms with Gasteiger partial charge >= 0.3 is 17.9 Å². The number of nitrogen functional groups attached to an aromatic ring is 1. The average Bonchev–Trinajstić information content (AvgIpc) is 3.51. The van der Waals surface area contributed by atoms with Crippen molar-refractivity contribution in [1.82, 2.24) is 15.6 Å². The number of aliphatic carboxylic acids is 1. The number of cyclic esters (lactones) is 1. The molecule has 0 bridgehead atoms. The first-order valence-corrected chi connectivity index (χ1v) is 14.3. The van der Waals surface area contributed by atoms with Crippen molar-refractivity contribution in [3.63, 3.8) is 0 Å². The fourth-order valence-corrected chi connectivity index (χ4v) is 6.04. The van der Waals surface area contributed by atoms with Crippen LogP contribution in [-0.4, -0.2) is 139 Å². The monoisotopic (exact) mass is 637 g/mol. The summed E-state index contributed by atoms with van der Waals surface area (Å²) in [6, 6.07) is -2.39. The molecular weight excluding hydrogens is 606 g/mol. The van der Waals surface area contributed by atoms with E-state index in [1.54, 1.807) is 6.92 Å². The summed E-state index contributed by atoms with van der Waals surface area (Å²) in [5, 5.41) is 66.6. The highest BCUT2D eigenvalue weighted by Crippen LogP contribution is 2.34. The molecule has 9 atom stereocenters. The number of aliphatic hydroxyl groups is 5. The van der Waals surface area contributed by atoms with Gasteiger partial charge in [0.2, 0.25) is 6.61 Å². The van der Waals surface area contributed by atoms with E-state index < -0.39 is 97.3 Å². The molecule has 3 heterocycles. The number of nitrogens with two attached hydrogens (primary N) is 1. The highest BCUT2D eigenvalue weighted by Gasteiger charge is 2.49. The molecule has 234 valence electrons. The number of anilines is 1. The molecular formula is C22H31N5O13S2. The van der Waals surface area contributed by atoms with Crippen molar-refractivity contribution in [3.8, 4) is 0 Å². The van der Waals surface area contributed by atoms with E-state index in [1.165, 1.54) is 5.38 Å². The maximum absolute atomic E-state index is 13.3. The molecule has 4 unspecified atom stereocenters. The van der Waals surface area contributed by atoms with Crippen LogP contribution in [0.25, 0.3) is 0 Å². The summed E-state index contributed by atoms with van der Waals surface area (Å²) in [6.07, 6.45) is -8.10. The summed E-state index contributed by atoms with van der Waals surface area (Å²) in [5.41, 5.74) is 5.00. The van der Waals surface area contributed by atoms with Crippen LogP contribution < -0.4 is 16.4 Å². The van der Waals surface area contributed by atoms with Crippen LogP contribution in [-0.2, 0) is 33.5 Å². The van der Waals surface area contributed by atoms with E-state index in [1.807, 2.05) is 0 Å². The summed E-state index contributed by atoms with van der Waals surface area (Å²) < 4.78 is 10.3. The van der Waals surface area contributed by atoms with Crippen LogP contribution in [0.5, 0.6) is 0 Å². The molecule has 0 saturated carbocycles. The summed E-state index contributed by atoms with van der Waals surface area (Å²) in [4.78, 5) is 58.4. The molecule has 0 aliphatic carbocycles. The molecule has 3 rings (SSSR count). The normalized spacial score (nSPS) is 25.8. The SMILES string of the molecule is CC1OC(=O)C2N[C@@H](C(NC(=O)/C(=N\OCC(=O)O)c3csc(N)n3)C(=O)OC[C@@H](O)[C@@H](O)[C@H](O)[C@H](O)CO)SCC12. The van der Waals surface area contributed by atoms with Gasteiger partial charge in [0, 0.05) is 17.1 Å². The molecule has 10 N–H and O–H groups in total. The second-order valence-corrected chi connectivity index (χ2v) is 11.3. The van der Waals surface area contributed by atoms with E-state index in [9.17, 15) is 39.6 Å². The Hall–Kier alpha value is -3.11. The van der Waals surface area contributed by atoms with E-state index in [0.717, 1.165) is 23.1 Å². The van der Waals surface area contributed by atoms with Crippen LogP contribution in [0.1, 0.15) is 12.6 Å². The molecule has 0 aromatic carbocycles. The molecule has 0 radical (unpaired) electrons. The molecule has 2 aliphatic heterocycles. The van der Waals surface area contributed by atoms with Gasteiger partial charge in [-0.3, -0.25) is 14.9 Å². The number of thiazole rings is 1. The lowest BCUT2D eigenvalue weighted by molar-refractivity contribution is -0.159. The minimum atomic E-state index is -2.02. The predicted molar refractivity (Wildman–Crippen MR) is 143 cm³/mol. The second-order valence-electron chi connectivity index (χ2n) is 9.26. The number of nitrogens with one attached hydrogen (secondary N) is 2. The zero-order valence-electron chi connectivity index (χ0n) is 21.9. The standard InChI is InChI=1S/C22H31N5O13S2/c1-7-8-5-41-19(26-13(8)21(37)40-7)15(20(36)38-3-11(30)17(34)16(33)10(29)2-28)25-18(35)14(27-39-4-12(31)32)9-6-42-22(23)24-9/h6-8,10-11,13,15-17,19,26,28-30,33-34H,2-5H2,1H3,(H2,23,24)(H,25,35)(H,31,32)/b27-14-/t7?,8?,10-,11-,13?,15?,16-,17-,19-/m1/s1. The first kappa shape index (κ1) is 33.4. The second kappa shape index (κ2) is 14.9. The average molecular weight is 638 g/mol. The molecule has 0 spiro atoms. The Morgan fingerprint density at radius 2 is 1.95 bits per heavy atom. The molecule has 20 heteroatoms. The fourth-order valence-electron chi connectivity index (χ4n) is 3.99. The maximum atomic E-state index is 13.3. The van der Waals surface area contributed by atoms with Crippen molar-refractivity contribution >= 4 is 57.8 Å². The number of nitrogens with zero attached hydrogens (tertiary/aromatic N) is 2. The Balaban J connectivity index is 1.82. The van der Waals surface area contributed by atoms with E-state index in [2.05, 4.69) is 20.8 Å². The molecule has 1 aromatic rings. The Bertz CT molecular complexity index is 1170. The largest absolute Gasteiger partial charge is 0.479 e. The number of carboxylic acid groups (broad SMARTS) is 1. The lowest BCUT2D eigenvalue weighted by Crippen LogP contribution is -2.61. The molecule has 2 aliphatic rings. The van der Waals surface area contributed by atoms with Crippen molar-refractivity contribution in [3.05, 3.63) is 11.1 Å². The number of rotatable bonds is 14. The highest BCUT2D eigenvalue weighted by molar-refractivity contribution is 8.00. The number of hydrogen-bond acceptors (Lipinski definition) is 18. The molecule has 18 nitrogen and oxygen atoms in total. The van der Waals surface area contributed by atoms with Crippen molar-refractivity contribution in [2.45, 2.75) is 54.9 Å². The third kappa shape index (κ3) is 8.25. The number of carbonyl (C=O) groups is 4. The Morgan fingerprint density at radius 1 is 1.26 bits per heavy atom. The third-order valence-corrected chi connectivity index (χ3v) is 8.31. The lowest BCUT2D eigenvalue weighted by Gasteiger charge is -2.35. The van der Waals surface area contributed by atoms with Gasteiger partial charge in [-0.1, -0.05) is 5.16 Å². The quantitative estimate of drug-likeness (QED) is 0.0528. The van der Waals surface area contributed by atoms with E-state index >= 15 is 0 Å². The van der Waals surface area contributed by atoms with Gasteiger partial charge in [-0.25, -0.2) is 14.6 Å². The van der Waals surface area contributed by atoms with Gasteiger partial charge in [0.05, 0.1) is 12.0 Å². The molecule has 1 aromatic heterocycles. The first-order valence-electron chi connectivity index (χ1n) is 12.4. The van der Waals surface area contributed by atoms with Gasteiger partial charge < -0.3 is 56.0 Å². The molecule has 42 heavy (non-hydrogen) atoms. The van der Waals surface area contributed by atoms with Crippen molar-refractivity contribution in [1.29, 1.82) is 0 Å². The Kier molecular flexibility index (Phi) is 11.8. The minimum absolute atomic E-state index is 0.0464. The smallest absolute Gasteiger partial charge is 0.344 e. The van der Waals surface area contributed by atoms with Gasteiger partial charge in [0.15, 0.2) is 16.9 Å². The number of thioether (sulfide) groups is 1. The number of ether oxygens (including phenoxy) is 2. The zero-order valence-corrected chi connectivity index (χ0v) is 23.6. The van der Waals surface area contributed by atoms with Crippen molar-refractivity contribution < 1.29 is 64.1 Å². The van der Waals surface area contributed by atoms with Crippen molar-refractivity contribution in [2.75, 3.05) is 31.3 Å². The van der Waals surface area contributed by atoms with E-state index in [-0.39, 0.29) is 16.7 Å². The van der Waals surface area contributed by atoms with Gasteiger partial charge in [0.25, 0.3) is 5.91 Å². The minimum Gasteiger partial charge on any atom is -0.479 e. The van der Waals surface area contributed by atoms with Crippen LogP contribution in [0.3, 0.4) is 0 Å². The van der Waals surface area contributed by atoms with E-state index in [4.69, 9.17) is 30.3 Å². The highest BCUT2D eigenvalue weighted by atomic mass is 32.2. The molecule has 1 amide bonds. The topological polar surface area (TPSA) is 293 Å². The van der Waals surface area contributed by atoms with Gasteiger partial charge in [0.1, 0.15) is 48.9 Å².